The number of likely N-dealkylation sites (tertiary alicyclic amines) is 1. The van der Waals surface area contributed by atoms with E-state index in [1.165, 1.54) is 44.6 Å². The highest BCUT2D eigenvalue weighted by Crippen LogP contribution is 2.15. The molecule has 90 valence electrons. The third-order valence-electron chi connectivity index (χ3n) is 3.17. The van der Waals surface area contributed by atoms with Crippen LogP contribution in [0.5, 0.6) is 0 Å². The maximum absolute atomic E-state index is 3.65. The van der Waals surface area contributed by atoms with Crippen LogP contribution >= 0.6 is 11.8 Å². The molecule has 0 bridgehead atoms. The molecule has 1 rings (SSSR count). The van der Waals surface area contributed by atoms with Crippen LogP contribution in [0.4, 0.5) is 0 Å². The Morgan fingerprint density at radius 3 is 3.00 bits per heavy atom. The van der Waals surface area contributed by atoms with Gasteiger partial charge in [0.05, 0.1) is 0 Å². The Morgan fingerprint density at radius 2 is 2.33 bits per heavy atom. The minimum absolute atomic E-state index is 0.739. The highest BCUT2D eigenvalue weighted by atomic mass is 32.2. The third kappa shape index (κ3) is 4.75. The molecule has 0 aliphatic carbocycles. The zero-order valence-electron chi connectivity index (χ0n) is 10.5. The van der Waals surface area contributed by atoms with E-state index in [4.69, 9.17) is 0 Å². The van der Waals surface area contributed by atoms with E-state index in [-0.39, 0.29) is 0 Å². The third-order valence-corrected chi connectivity index (χ3v) is 3.98. The topological polar surface area (TPSA) is 15.3 Å². The number of piperidine rings is 1. The van der Waals surface area contributed by atoms with Crippen LogP contribution in [-0.2, 0) is 0 Å². The van der Waals surface area contributed by atoms with Gasteiger partial charge in [-0.05, 0) is 45.5 Å². The molecule has 0 radical (unpaired) electrons. The van der Waals surface area contributed by atoms with Crippen molar-refractivity contribution in [2.45, 2.75) is 45.2 Å². The average molecular weight is 230 g/mol. The number of thioether (sulfide) groups is 1. The number of hydrogen-bond acceptors (Lipinski definition) is 3. The van der Waals surface area contributed by atoms with Crippen LogP contribution < -0.4 is 5.32 Å². The summed E-state index contributed by atoms with van der Waals surface area (Å²) in [5.74, 6) is 1.26. The van der Waals surface area contributed by atoms with Crippen molar-refractivity contribution in [1.29, 1.82) is 0 Å². The van der Waals surface area contributed by atoms with E-state index in [0.29, 0.717) is 0 Å². The Kier molecular flexibility index (Phi) is 6.69. The fraction of sp³-hybridized carbons (Fsp3) is 1.00. The predicted octanol–water partition coefficient (Wildman–Crippen LogP) is 2.20. The monoisotopic (exact) mass is 230 g/mol. The van der Waals surface area contributed by atoms with Crippen LogP contribution in [0.1, 0.15) is 33.1 Å². The van der Waals surface area contributed by atoms with Gasteiger partial charge in [-0.25, -0.2) is 0 Å². The van der Waals surface area contributed by atoms with E-state index < -0.39 is 0 Å². The summed E-state index contributed by atoms with van der Waals surface area (Å²) < 4.78 is 0. The second-order valence-electron chi connectivity index (χ2n) is 4.59. The van der Waals surface area contributed by atoms with Gasteiger partial charge in [0.2, 0.25) is 0 Å². The van der Waals surface area contributed by atoms with E-state index in [2.05, 4.69) is 30.3 Å². The molecule has 0 spiro atoms. The average Bonchev–Trinajstić information content (AvgIpc) is 2.27. The normalized spacial score (nSPS) is 25.4. The smallest absolute Gasteiger partial charge is 0.0195 e. The Balaban J connectivity index is 2.28. The van der Waals surface area contributed by atoms with Gasteiger partial charge in [0, 0.05) is 24.4 Å². The van der Waals surface area contributed by atoms with Gasteiger partial charge in [-0.15, -0.1) is 0 Å². The minimum Gasteiger partial charge on any atom is -0.313 e. The molecule has 2 atom stereocenters. The predicted molar refractivity (Wildman–Crippen MR) is 70.7 cm³/mol. The van der Waals surface area contributed by atoms with Crippen LogP contribution in [0, 0.1) is 0 Å². The lowest BCUT2D eigenvalue weighted by Gasteiger charge is -2.37. The summed E-state index contributed by atoms with van der Waals surface area (Å²) in [4.78, 5) is 2.65. The minimum atomic E-state index is 0.739. The van der Waals surface area contributed by atoms with E-state index in [1.807, 2.05) is 11.8 Å². The highest BCUT2D eigenvalue weighted by molar-refractivity contribution is 7.98. The summed E-state index contributed by atoms with van der Waals surface area (Å²) in [5, 5.41) is 3.65. The van der Waals surface area contributed by atoms with E-state index in [9.17, 15) is 0 Å². The van der Waals surface area contributed by atoms with Crippen molar-refractivity contribution in [2.75, 3.05) is 31.6 Å². The van der Waals surface area contributed by atoms with Gasteiger partial charge in [0.25, 0.3) is 0 Å². The zero-order chi connectivity index (χ0) is 11.1. The Bertz CT molecular complexity index is 164. The second-order valence-corrected chi connectivity index (χ2v) is 5.50. The van der Waals surface area contributed by atoms with Crippen molar-refractivity contribution in [3.8, 4) is 0 Å². The first kappa shape index (κ1) is 13.3. The molecule has 1 aliphatic rings. The first-order chi connectivity index (χ1) is 7.27. The second kappa shape index (κ2) is 7.53. The molecule has 1 aliphatic heterocycles. The summed E-state index contributed by atoms with van der Waals surface area (Å²) >= 11 is 1.96. The van der Waals surface area contributed by atoms with Crippen molar-refractivity contribution in [1.82, 2.24) is 10.2 Å². The quantitative estimate of drug-likeness (QED) is 0.753. The lowest BCUT2D eigenvalue weighted by atomic mass is 10.0. The first-order valence-electron chi connectivity index (χ1n) is 6.24. The molecule has 0 saturated carbocycles. The number of hydrogen-bond donors (Lipinski definition) is 1. The van der Waals surface area contributed by atoms with E-state index in [0.717, 1.165) is 12.1 Å². The molecule has 0 aromatic rings. The molecule has 1 fully saturated rings. The van der Waals surface area contributed by atoms with Crippen LogP contribution in [0.25, 0.3) is 0 Å². The van der Waals surface area contributed by atoms with Gasteiger partial charge in [-0.2, -0.15) is 11.8 Å². The van der Waals surface area contributed by atoms with Gasteiger partial charge >= 0.3 is 0 Å². The summed E-state index contributed by atoms with van der Waals surface area (Å²) in [6, 6.07) is 1.48. The van der Waals surface area contributed by atoms with Crippen LogP contribution in [0.2, 0.25) is 0 Å². The van der Waals surface area contributed by atoms with Crippen molar-refractivity contribution < 1.29 is 0 Å². The lowest BCUT2D eigenvalue weighted by Crippen LogP contribution is -2.49. The molecule has 3 heteroatoms. The zero-order valence-corrected chi connectivity index (χ0v) is 11.3. The molecule has 15 heavy (non-hydrogen) atoms. The summed E-state index contributed by atoms with van der Waals surface area (Å²) in [6.07, 6.45) is 6.17. The summed E-state index contributed by atoms with van der Waals surface area (Å²) in [6.45, 7) is 8.33. The number of rotatable bonds is 6. The number of nitrogens with one attached hydrogen (secondary N) is 1. The standard InChI is InChI=1S/C12H26N2S/c1-4-7-13-12-6-5-8-14(9-12)11(2)10-15-3/h11-13H,4-10H2,1-3H3. The molecule has 0 amide bonds. The SMILES string of the molecule is CCCNC1CCCN(C(C)CSC)C1. The molecule has 0 aromatic carbocycles. The van der Waals surface area contributed by atoms with Gasteiger partial charge in [-0.1, -0.05) is 6.92 Å². The molecular weight excluding hydrogens is 204 g/mol. The van der Waals surface area contributed by atoms with Gasteiger partial charge in [0.15, 0.2) is 0 Å². The van der Waals surface area contributed by atoms with Crippen molar-refractivity contribution in [2.24, 2.45) is 0 Å². The molecular formula is C12H26N2S. The van der Waals surface area contributed by atoms with E-state index in [1.54, 1.807) is 0 Å². The maximum atomic E-state index is 3.65. The fourth-order valence-corrected chi connectivity index (χ4v) is 2.96. The molecule has 1 saturated heterocycles. The van der Waals surface area contributed by atoms with Crippen molar-refractivity contribution in [3.63, 3.8) is 0 Å². The maximum Gasteiger partial charge on any atom is 0.0195 e. The number of nitrogens with zero attached hydrogens (tertiary/aromatic N) is 1. The van der Waals surface area contributed by atoms with Crippen molar-refractivity contribution in [3.05, 3.63) is 0 Å². The Morgan fingerprint density at radius 1 is 1.53 bits per heavy atom. The van der Waals surface area contributed by atoms with Gasteiger partial charge < -0.3 is 5.32 Å². The molecule has 2 nitrogen and oxygen atoms in total. The summed E-state index contributed by atoms with van der Waals surface area (Å²) in [5.41, 5.74) is 0. The fourth-order valence-electron chi connectivity index (χ4n) is 2.27. The highest BCUT2D eigenvalue weighted by Gasteiger charge is 2.22. The Hall–Kier alpha value is 0.270. The largest absolute Gasteiger partial charge is 0.313 e. The van der Waals surface area contributed by atoms with Gasteiger partial charge in [-0.3, -0.25) is 4.90 Å². The summed E-state index contributed by atoms with van der Waals surface area (Å²) in [7, 11) is 0. The molecule has 1 heterocycles. The van der Waals surface area contributed by atoms with Crippen molar-refractivity contribution >= 4 is 11.8 Å². The van der Waals surface area contributed by atoms with E-state index >= 15 is 0 Å². The Labute approximate surface area is 99.2 Å². The molecule has 1 N–H and O–H groups in total. The van der Waals surface area contributed by atoms with Crippen LogP contribution in [-0.4, -0.2) is 48.6 Å². The lowest BCUT2D eigenvalue weighted by molar-refractivity contribution is 0.157. The molecule has 2 unspecified atom stereocenters. The van der Waals surface area contributed by atoms with Crippen LogP contribution in [0.15, 0.2) is 0 Å². The van der Waals surface area contributed by atoms with Gasteiger partial charge in [0.1, 0.15) is 0 Å². The van der Waals surface area contributed by atoms with Crippen LogP contribution in [0.3, 0.4) is 0 Å². The first-order valence-corrected chi connectivity index (χ1v) is 7.63. The molecule has 0 aromatic heterocycles.